The van der Waals surface area contributed by atoms with Gasteiger partial charge in [-0.3, -0.25) is 4.79 Å². The summed E-state index contributed by atoms with van der Waals surface area (Å²) in [6, 6.07) is 9.44. The topological polar surface area (TPSA) is 55.4 Å². The Hall–Kier alpha value is -2.14. The number of benzene rings is 1. The van der Waals surface area contributed by atoms with Gasteiger partial charge in [0.2, 0.25) is 0 Å². The van der Waals surface area contributed by atoms with Gasteiger partial charge in [0, 0.05) is 5.69 Å². The van der Waals surface area contributed by atoms with E-state index in [4.69, 9.17) is 4.74 Å². The van der Waals surface area contributed by atoms with Gasteiger partial charge in [0.1, 0.15) is 4.88 Å². The third-order valence-corrected chi connectivity index (χ3v) is 4.00. The van der Waals surface area contributed by atoms with Crippen LogP contribution in [0.25, 0.3) is 0 Å². The van der Waals surface area contributed by atoms with Gasteiger partial charge in [0.25, 0.3) is 5.91 Å². The SMILES string of the molecule is CCc1cccc(NC(=O)COC(=O)c2sccc2C)c1. The second-order valence-corrected chi connectivity index (χ2v) is 5.53. The van der Waals surface area contributed by atoms with E-state index >= 15 is 0 Å². The van der Waals surface area contributed by atoms with Gasteiger partial charge < -0.3 is 10.1 Å². The van der Waals surface area contributed by atoms with E-state index in [1.807, 2.05) is 49.6 Å². The van der Waals surface area contributed by atoms with Crippen LogP contribution in [0.1, 0.15) is 27.7 Å². The fourth-order valence-electron chi connectivity index (χ4n) is 1.84. The molecule has 0 unspecified atom stereocenters. The van der Waals surface area contributed by atoms with Crippen LogP contribution in [0.4, 0.5) is 5.69 Å². The summed E-state index contributed by atoms with van der Waals surface area (Å²) in [5.41, 5.74) is 2.71. The van der Waals surface area contributed by atoms with Gasteiger partial charge >= 0.3 is 5.97 Å². The number of carbonyl (C=O) groups excluding carboxylic acids is 2. The molecule has 5 heteroatoms. The highest BCUT2D eigenvalue weighted by atomic mass is 32.1. The van der Waals surface area contributed by atoms with Gasteiger partial charge in [-0.2, -0.15) is 0 Å². The highest BCUT2D eigenvalue weighted by Gasteiger charge is 2.13. The lowest BCUT2D eigenvalue weighted by molar-refractivity contribution is -0.119. The molecule has 0 aliphatic heterocycles. The number of anilines is 1. The predicted octanol–water partition coefficient (Wildman–Crippen LogP) is 3.41. The molecule has 0 spiro atoms. The van der Waals surface area contributed by atoms with Gasteiger partial charge in [-0.1, -0.05) is 19.1 Å². The van der Waals surface area contributed by atoms with Crippen molar-refractivity contribution in [2.24, 2.45) is 0 Å². The number of aryl methyl sites for hydroxylation is 2. The smallest absolute Gasteiger partial charge is 0.349 e. The Morgan fingerprint density at radius 2 is 2.10 bits per heavy atom. The average Bonchev–Trinajstić information content (AvgIpc) is 2.91. The molecule has 1 amide bonds. The quantitative estimate of drug-likeness (QED) is 0.861. The van der Waals surface area contributed by atoms with Crippen LogP contribution in [0, 0.1) is 6.92 Å². The van der Waals surface area contributed by atoms with Crippen molar-refractivity contribution in [3.05, 3.63) is 51.7 Å². The minimum Gasteiger partial charge on any atom is -0.451 e. The monoisotopic (exact) mass is 303 g/mol. The molecular weight excluding hydrogens is 286 g/mol. The van der Waals surface area contributed by atoms with Crippen LogP contribution in [-0.4, -0.2) is 18.5 Å². The van der Waals surface area contributed by atoms with Crippen LogP contribution in [-0.2, 0) is 16.0 Å². The molecule has 4 nitrogen and oxygen atoms in total. The molecule has 1 aromatic heterocycles. The summed E-state index contributed by atoms with van der Waals surface area (Å²) >= 11 is 1.31. The molecule has 110 valence electrons. The molecule has 0 saturated carbocycles. The van der Waals surface area contributed by atoms with E-state index < -0.39 is 5.97 Å². The van der Waals surface area contributed by atoms with Gasteiger partial charge in [0.05, 0.1) is 0 Å². The van der Waals surface area contributed by atoms with Crippen molar-refractivity contribution in [2.45, 2.75) is 20.3 Å². The fourth-order valence-corrected chi connectivity index (χ4v) is 2.66. The van der Waals surface area contributed by atoms with Crippen LogP contribution in [0.3, 0.4) is 0 Å². The normalized spacial score (nSPS) is 10.2. The zero-order valence-corrected chi connectivity index (χ0v) is 12.8. The van der Waals surface area contributed by atoms with Gasteiger partial charge in [-0.15, -0.1) is 11.3 Å². The molecule has 0 atom stereocenters. The van der Waals surface area contributed by atoms with E-state index in [1.165, 1.54) is 11.3 Å². The van der Waals surface area contributed by atoms with Crippen molar-refractivity contribution < 1.29 is 14.3 Å². The lowest BCUT2D eigenvalue weighted by atomic mass is 10.1. The Morgan fingerprint density at radius 1 is 1.29 bits per heavy atom. The van der Waals surface area contributed by atoms with Crippen molar-refractivity contribution in [3.8, 4) is 0 Å². The fraction of sp³-hybridized carbons (Fsp3) is 0.250. The first-order valence-electron chi connectivity index (χ1n) is 6.70. The van der Waals surface area contributed by atoms with Gasteiger partial charge in [0.15, 0.2) is 6.61 Å². The number of rotatable bonds is 5. The minimum absolute atomic E-state index is 0.285. The summed E-state index contributed by atoms with van der Waals surface area (Å²) in [5, 5.41) is 4.54. The highest BCUT2D eigenvalue weighted by Crippen LogP contribution is 2.16. The van der Waals surface area contributed by atoms with Crippen molar-refractivity contribution in [1.82, 2.24) is 0 Å². The maximum absolute atomic E-state index is 11.8. The molecule has 21 heavy (non-hydrogen) atoms. The summed E-state index contributed by atoms with van der Waals surface area (Å²) < 4.78 is 5.02. The number of hydrogen-bond acceptors (Lipinski definition) is 4. The van der Waals surface area contributed by atoms with Crippen molar-refractivity contribution in [3.63, 3.8) is 0 Å². The Balaban J connectivity index is 1.87. The molecule has 2 rings (SSSR count). The third kappa shape index (κ3) is 4.16. The number of hydrogen-bond donors (Lipinski definition) is 1. The predicted molar refractivity (Wildman–Crippen MR) is 83.8 cm³/mol. The van der Waals surface area contributed by atoms with Crippen molar-refractivity contribution in [2.75, 3.05) is 11.9 Å². The molecule has 0 fully saturated rings. The van der Waals surface area contributed by atoms with Gasteiger partial charge in [-0.05, 0) is 48.1 Å². The Kier molecular flexibility index (Phi) is 5.11. The molecule has 0 radical (unpaired) electrons. The Morgan fingerprint density at radius 3 is 2.76 bits per heavy atom. The summed E-state index contributed by atoms with van der Waals surface area (Å²) in [7, 11) is 0. The highest BCUT2D eigenvalue weighted by molar-refractivity contribution is 7.12. The summed E-state index contributed by atoms with van der Waals surface area (Å²) in [6.45, 7) is 3.60. The van der Waals surface area contributed by atoms with E-state index in [-0.39, 0.29) is 12.5 Å². The van der Waals surface area contributed by atoms with E-state index in [0.717, 1.165) is 17.5 Å². The van der Waals surface area contributed by atoms with Crippen LogP contribution in [0.15, 0.2) is 35.7 Å². The molecule has 1 heterocycles. The van der Waals surface area contributed by atoms with E-state index in [0.29, 0.717) is 10.6 Å². The summed E-state index contributed by atoms with van der Waals surface area (Å²) in [4.78, 5) is 24.1. The second-order valence-electron chi connectivity index (χ2n) is 4.61. The first-order valence-corrected chi connectivity index (χ1v) is 7.58. The van der Waals surface area contributed by atoms with Gasteiger partial charge in [-0.25, -0.2) is 4.79 Å². The number of thiophene rings is 1. The number of esters is 1. The number of amides is 1. The average molecular weight is 303 g/mol. The first-order chi connectivity index (χ1) is 10.1. The molecule has 0 aliphatic carbocycles. The third-order valence-electron chi connectivity index (χ3n) is 3.00. The largest absolute Gasteiger partial charge is 0.451 e. The Labute approximate surface area is 127 Å². The van der Waals surface area contributed by atoms with E-state index in [1.54, 1.807) is 0 Å². The number of carbonyl (C=O) groups is 2. The number of ether oxygens (including phenoxy) is 1. The van der Waals surface area contributed by atoms with Crippen LogP contribution >= 0.6 is 11.3 Å². The van der Waals surface area contributed by atoms with E-state index in [2.05, 4.69) is 5.32 Å². The maximum Gasteiger partial charge on any atom is 0.349 e. The molecular formula is C16H17NO3S. The molecule has 1 N–H and O–H groups in total. The van der Waals surface area contributed by atoms with Crippen molar-refractivity contribution >= 4 is 28.9 Å². The Bertz CT molecular complexity index is 648. The molecule has 0 saturated heterocycles. The first kappa shape index (κ1) is 15.3. The summed E-state index contributed by atoms with van der Waals surface area (Å²) in [5.74, 6) is -0.800. The van der Waals surface area contributed by atoms with Crippen molar-refractivity contribution in [1.29, 1.82) is 0 Å². The van der Waals surface area contributed by atoms with Crippen LogP contribution in [0.5, 0.6) is 0 Å². The second kappa shape index (κ2) is 7.04. The van der Waals surface area contributed by atoms with E-state index in [9.17, 15) is 9.59 Å². The molecule has 2 aromatic rings. The lowest BCUT2D eigenvalue weighted by Gasteiger charge is -2.07. The number of nitrogens with one attached hydrogen (secondary N) is 1. The van der Waals surface area contributed by atoms with Crippen LogP contribution < -0.4 is 5.32 Å². The van der Waals surface area contributed by atoms with Crippen LogP contribution in [0.2, 0.25) is 0 Å². The minimum atomic E-state index is -0.458. The zero-order valence-electron chi connectivity index (χ0n) is 12.0. The molecule has 0 aliphatic rings. The molecule has 0 bridgehead atoms. The zero-order chi connectivity index (χ0) is 15.2. The summed E-state index contributed by atoms with van der Waals surface area (Å²) in [6.07, 6.45) is 0.899. The maximum atomic E-state index is 11.8. The lowest BCUT2D eigenvalue weighted by Crippen LogP contribution is -2.20. The standard InChI is InChI=1S/C16H17NO3S/c1-3-12-5-4-6-13(9-12)17-14(18)10-20-16(19)15-11(2)7-8-21-15/h4-9H,3,10H2,1-2H3,(H,17,18). The molecule has 1 aromatic carbocycles.